The molecular weight excluding hydrogens is 350 g/mol. The Morgan fingerprint density at radius 1 is 1.11 bits per heavy atom. The van der Waals surface area contributed by atoms with Crippen LogP contribution in [0.15, 0.2) is 42.5 Å². The SMILES string of the molecule is COC(=O)CC(NC(=O)c1cc(OC)c2c(c1)OCCO2)c1ccccc1. The third kappa shape index (κ3) is 4.31. The molecule has 1 aliphatic rings. The lowest BCUT2D eigenvalue weighted by atomic mass is 10.0. The molecule has 7 nitrogen and oxygen atoms in total. The van der Waals surface area contributed by atoms with Gasteiger partial charge in [-0.05, 0) is 17.7 Å². The summed E-state index contributed by atoms with van der Waals surface area (Å²) in [6.45, 7) is 0.820. The van der Waals surface area contributed by atoms with Gasteiger partial charge in [0.25, 0.3) is 5.91 Å². The summed E-state index contributed by atoms with van der Waals surface area (Å²) in [5.74, 6) is 0.581. The van der Waals surface area contributed by atoms with E-state index in [9.17, 15) is 9.59 Å². The predicted octanol–water partition coefficient (Wildman–Crippen LogP) is 2.50. The average molecular weight is 371 g/mol. The average Bonchev–Trinajstić information content (AvgIpc) is 2.72. The van der Waals surface area contributed by atoms with Crippen LogP contribution in [0.2, 0.25) is 0 Å². The Morgan fingerprint density at radius 3 is 2.56 bits per heavy atom. The molecule has 0 saturated carbocycles. The fourth-order valence-electron chi connectivity index (χ4n) is 2.83. The molecule has 1 unspecified atom stereocenters. The lowest BCUT2D eigenvalue weighted by molar-refractivity contribution is -0.141. The number of carbonyl (C=O) groups is 2. The lowest BCUT2D eigenvalue weighted by Crippen LogP contribution is -2.30. The summed E-state index contributed by atoms with van der Waals surface area (Å²) < 4.78 is 21.2. The van der Waals surface area contributed by atoms with Gasteiger partial charge in [-0.25, -0.2) is 0 Å². The van der Waals surface area contributed by atoms with E-state index in [4.69, 9.17) is 18.9 Å². The molecule has 1 atom stereocenters. The van der Waals surface area contributed by atoms with E-state index in [1.807, 2.05) is 30.3 Å². The molecule has 142 valence electrons. The summed E-state index contributed by atoms with van der Waals surface area (Å²) >= 11 is 0. The number of esters is 1. The number of methoxy groups -OCH3 is 2. The van der Waals surface area contributed by atoms with Crippen LogP contribution in [0.5, 0.6) is 17.2 Å². The lowest BCUT2D eigenvalue weighted by Gasteiger charge is -2.22. The summed E-state index contributed by atoms with van der Waals surface area (Å²) in [5.41, 5.74) is 1.16. The molecule has 0 radical (unpaired) electrons. The van der Waals surface area contributed by atoms with E-state index in [-0.39, 0.29) is 12.3 Å². The van der Waals surface area contributed by atoms with Gasteiger partial charge in [-0.1, -0.05) is 30.3 Å². The number of hydrogen-bond acceptors (Lipinski definition) is 6. The molecule has 0 saturated heterocycles. The fraction of sp³-hybridized carbons (Fsp3) is 0.300. The molecule has 1 amide bonds. The second kappa shape index (κ2) is 8.44. The van der Waals surface area contributed by atoms with Crippen molar-refractivity contribution < 1.29 is 28.5 Å². The van der Waals surface area contributed by atoms with Crippen molar-refractivity contribution in [2.45, 2.75) is 12.5 Å². The second-order valence-electron chi connectivity index (χ2n) is 5.92. The molecular formula is C20H21NO6. The van der Waals surface area contributed by atoms with Crippen LogP contribution in [-0.4, -0.2) is 39.3 Å². The zero-order valence-electron chi connectivity index (χ0n) is 15.2. The number of benzene rings is 2. The zero-order chi connectivity index (χ0) is 19.2. The van der Waals surface area contributed by atoms with Crippen LogP contribution in [0, 0.1) is 0 Å². The van der Waals surface area contributed by atoms with Crippen molar-refractivity contribution in [2.24, 2.45) is 0 Å². The van der Waals surface area contributed by atoms with Gasteiger partial charge in [-0.15, -0.1) is 0 Å². The highest BCUT2D eigenvalue weighted by atomic mass is 16.6. The molecule has 2 aromatic carbocycles. The molecule has 1 aliphatic heterocycles. The molecule has 27 heavy (non-hydrogen) atoms. The molecule has 1 N–H and O–H groups in total. The first-order valence-corrected chi connectivity index (χ1v) is 8.52. The van der Waals surface area contributed by atoms with Crippen molar-refractivity contribution in [1.29, 1.82) is 0 Å². The van der Waals surface area contributed by atoms with Gasteiger partial charge in [0.15, 0.2) is 11.5 Å². The summed E-state index contributed by atoms with van der Waals surface area (Å²) in [4.78, 5) is 24.6. The fourth-order valence-corrected chi connectivity index (χ4v) is 2.83. The molecule has 0 fully saturated rings. The molecule has 0 bridgehead atoms. The number of hydrogen-bond donors (Lipinski definition) is 1. The van der Waals surface area contributed by atoms with E-state index >= 15 is 0 Å². The van der Waals surface area contributed by atoms with Crippen molar-refractivity contribution >= 4 is 11.9 Å². The number of nitrogens with one attached hydrogen (secondary N) is 1. The highest BCUT2D eigenvalue weighted by Crippen LogP contribution is 2.40. The number of rotatable bonds is 6. The molecule has 0 aliphatic carbocycles. The maximum absolute atomic E-state index is 12.8. The monoisotopic (exact) mass is 371 g/mol. The van der Waals surface area contributed by atoms with Gasteiger partial charge in [0.1, 0.15) is 13.2 Å². The molecule has 3 rings (SSSR count). The Hall–Kier alpha value is -3.22. The Labute approximate surface area is 157 Å². The molecule has 2 aromatic rings. The van der Waals surface area contributed by atoms with Crippen LogP contribution in [0.25, 0.3) is 0 Å². The Kier molecular flexibility index (Phi) is 5.80. The Bertz CT molecular complexity index is 803. The summed E-state index contributed by atoms with van der Waals surface area (Å²) in [7, 11) is 2.82. The smallest absolute Gasteiger partial charge is 0.307 e. The van der Waals surface area contributed by atoms with Crippen molar-refractivity contribution in [3.63, 3.8) is 0 Å². The van der Waals surface area contributed by atoms with Gasteiger partial charge in [-0.3, -0.25) is 9.59 Å². The van der Waals surface area contributed by atoms with Crippen LogP contribution in [0.3, 0.4) is 0 Å². The maximum atomic E-state index is 12.8. The highest BCUT2D eigenvalue weighted by molar-refractivity contribution is 5.96. The van der Waals surface area contributed by atoms with E-state index in [0.29, 0.717) is 36.0 Å². The van der Waals surface area contributed by atoms with Gasteiger partial charge >= 0.3 is 5.97 Å². The Morgan fingerprint density at radius 2 is 1.85 bits per heavy atom. The van der Waals surface area contributed by atoms with E-state index in [1.54, 1.807) is 12.1 Å². The predicted molar refractivity (Wildman–Crippen MR) is 97.3 cm³/mol. The van der Waals surface area contributed by atoms with E-state index in [0.717, 1.165) is 5.56 Å². The minimum Gasteiger partial charge on any atom is -0.493 e. The maximum Gasteiger partial charge on any atom is 0.307 e. The van der Waals surface area contributed by atoms with Crippen molar-refractivity contribution in [3.8, 4) is 17.2 Å². The number of amides is 1. The number of fused-ring (bicyclic) bond motifs is 1. The van der Waals surface area contributed by atoms with Gasteiger partial charge in [0, 0.05) is 5.56 Å². The topological polar surface area (TPSA) is 83.1 Å². The van der Waals surface area contributed by atoms with Gasteiger partial charge < -0.3 is 24.3 Å². The normalized spacial score (nSPS) is 13.4. The second-order valence-corrected chi connectivity index (χ2v) is 5.92. The van der Waals surface area contributed by atoms with Crippen LogP contribution >= 0.6 is 0 Å². The van der Waals surface area contributed by atoms with Crippen molar-refractivity contribution in [1.82, 2.24) is 5.32 Å². The highest BCUT2D eigenvalue weighted by Gasteiger charge is 2.24. The number of ether oxygens (including phenoxy) is 4. The van der Waals surface area contributed by atoms with Crippen LogP contribution in [0.1, 0.15) is 28.4 Å². The zero-order valence-corrected chi connectivity index (χ0v) is 15.2. The van der Waals surface area contributed by atoms with Crippen LogP contribution < -0.4 is 19.5 Å². The minimum absolute atomic E-state index is 0.0218. The van der Waals surface area contributed by atoms with E-state index in [2.05, 4.69) is 5.32 Å². The Balaban J connectivity index is 1.86. The largest absolute Gasteiger partial charge is 0.493 e. The molecule has 0 spiro atoms. The molecule has 1 heterocycles. The minimum atomic E-state index is -0.523. The third-order valence-electron chi connectivity index (χ3n) is 4.20. The van der Waals surface area contributed by atoms with Crippen molar-refractivity contribution in [3.05, 3.63) is 53.6 Å². The van der Waals surface area contributed by atoms with Crippen molar-refractivity contribution in [2.75, 3.05) is 27.4 Å². The van der Waals surface area contributed by atoms with E-state index in [1.165, 1.54) is 14.2 Å². The molecule has 7 heteroatoms. The third-order valence-corrected chi connectivity index (χ3v) is 4.20. The van der Waals surface area contributed by atoms with E-state index < -0.39 is 12.0 Å². The molecule has 0 aromatic heterocycles. The summed E-state index contributed by atoms with van der Waals surface area (Å²) in [6.07, 6.45) is 0.0218. The number of carbonyl (C=O) groups excluding carboxylic acids is 2. The van der Waals surface area contributed by atoms with Crippen LogP contribution in [-0.2, 0) is 9.53 Å². The summed E-state index contributed by atoms with van der Waals surface area (Å²) in [5, 5.41) is 2.88. The standard InChI is InChI=1S/C20H21NO6/c1-24-16-10-14(11-17-19(16)27-9-8-26-17)20(23)21-15(12-18(22)25-2)13-6-4-3-5-7-13/h3-7,10-11,15H,8-9,12H2,1-2H3,(H,21,23). The van der Waals surface area contributed by atoms with Gasteiger partial charge in [0.05, 0.1) is 26.7 Å². The first-order chi connectivity index (χ1) is 13.1. The van der Waals surface area contributed by atoms with Crippen LogP contribution in [0.4, 0.5) is 0 Å². The summed E-state index contributed by atoms with van der Waals surface area (Å²) in [6, 6.07) is 11.9. The quantitative estimate of drug-likeness (QED) is 0.786. The van der Waals surface area contributed by atoms with Gasteiger partial charge in [0.2, 0.25) is 5.75 Å². The first-order valence-electron chi connectivity index (χ1n) is 8.52. The first kappa shape index (κ1) is 18.6. The van der Waals surface area contributed by atoms with Gasteiger partial charge in [-0.2, -0.15) is 0 Å².